The molecule has 1 saturated heterocycles. The fourth-order valence-corrected chi connectivity index (χ4v) is 2.11. The van der Waals surface area contributed by atoms with Crippen LogP contribution in [-0.2, 0) is 6.42 Å². The molecule has 3 nitrogen and oxygen atoms in total. The van der Waals surface area contributed by atoms with Crippen LogP contribution in [0.4, 0.5) is 0 Å². The summed E-state index contributed by atoms with van der Waals surface area (Å²) in [5.74, 6) is 1.68. The second-order valence-corrected chi connectivity index (χ2v) is 4.79. The first-order chi connectivity index (χ1) is 7.25. The number of nitrogens with one attached hydrogen (secondary N) is 2. The number of aromatic nitrogens is 2. The van der Waals surface area contributed by atoms with Gasteiger partial charge in [0.15, 0.2) is 0 Å². The third-order valence-electron chi connectivity index (χ3n) is 3.12. The summed E-state index contributed by atoms with van der Waals surface area (Å²) in [6.45, 7) is 5.55. The van der Waals surface area contributed by atoms with Gasteiger partial charge in [0.2, 0.25) is 0 Å². The van der Waals surface area contributed by atoms with Crippen molar-refractivity contribution in [3.05, 3.63) is 17.7 Å². The Balaban J connectivity index is 1.91. The second-order valence-electron chi connectivity index (χ2n) is 4.79. The molecule has 0 aliphatic carbocycles. The van der Waals surface area contributed by atoms with Gasteiger partial charge < -0.3 is 10.3 Å². The molecule has 2 heterocycles. The van der Waals surface area contributed by atoms with Crippen LogP contribution in [0.1, 0.15) is 50.5 Å². The predicted molar refractivity (Wildman–Crippen MR) is 62.0 cm³/mol. The molecular weight excluding hydrogens is 186 g/mol. The Hall–Kier alpha value is -0.830. The van der Waals surface area contributed by atoms with E-state index >= 15 is 0 Å². The van der Waals surface area contributed by atoms with E-state index in [-0.39, 0.29) is 0 Å². The molecule has 0 bridgehead atoms. The first-order valence-corrected chi connectivity index (χ1v) is 6.03. The molecule has 1 aromatic heterocycles. The Bertz CT molecular complexity index is 298. The monoisotopic (exact) mass is 207 g/mol. The molecule has 0 aromatic carbocycles. The normalized spacial score (nSPS) is 22.2. The fourth-order valence-electron chi connectivity index (χ4n) is 2.11. The van der Waals surface area contributed by atoms with Crippen LogP contribution in [0.3, 0.4) is 0 Å². The van der Waals surface area contributed by atoms with Crippen LogP contribution in [0.5, 0.6) is 0 Å². The molecule has 0 radical (unpaired) electrons. The highest BCUT2D eigenvalue weighted by Gasteiger charge is 2.14. The zero-order valence-electron chi connectivity index (χ0n) is 9.71. The predicted octanol–water partition coefficient (Wildman–Crippen LogP) is 2.22. The van der Waals surface area contributed by atoms with Gasteiger partial charge in [0.25, 0.3) is 0 Å². The number of rotatable bonds is 3. The van der Waals surface area contributed by atoms with E-state index in [1.54, 1.807) is 0 Å². The number of H-pyrrole nitrogens is 1. The van der Waals surface area contributed by atoms with Crippen molar-refractivity contribution >= 4 is 0 Å². The summed E-state index contributed by atoms with van der Waals surface area (Å²) < 4.78 is 0. The minimum atomic E-state index is 0.547. The SMILES string of the molecule is CC(C)c1cnc(CC2CCCCN2)[nH]1. The number of imidazole rings is 1. The first-order valence-electron chi connectivity index (χ1n) is 6.03. The summed E-state index contributed by atoms with van der Waals surface area (Å²) in [7, 11) is 0. The molecule has 1 unspecified atom stereocenters. The summed E-state index contributed by atoms with van der Waals surface area (Å²) in [6.07, 6.45) is 6.99. The van der Waals surface area contributed by atoms with E-state index in [1.165, 1.54) is 31.5 Å². The fraction of sp³-hybridized carbons (Fsp3) is 0.750. The van der Waals surface area contributed by atoms with Crippen molar-refractivity contribution in [3.63, 3.8) is 0 Å². The molecule has 1 aromatic rings. The Labute approximate surface area is 91.7 Å². The highest BCUT2D eigenvalue weighted by atomic mass is 15.0. The highest BCUT2D eigenvalue weighted by Crippen LogP contribution is 2.14. The molecule has 84 valence electrons. The van der Waals surface area contributed by atoms with Crippen LogP contribution in [-0.4, -0.2) is 22.6 Å². The van der Waals surface area contributed by atoms with E-state index in [9.17, 15) is 0 Å². The highest BCUT2D eigenvalue weighted by molar-refractivity contribution is 5.06. The van der Waals surface area contributed by atoms with Crippen molar-refractivity contribution in [2.75, 3.05) is 6.54 Å². The zero-order valence-corrected chi connectivity index (χ0v) is 9.71. The van der Waals surface area contributed by atoms with Crippen molar-refractivity contribution in [1.29, 1.82) is 0 Å². The molecule has 0 spiro atoms. The van der Waals surface area contributed by atoms with Crippen LogP contribution in [0.2, 0.25) is 0 Å². The summed E-state index contributed by atoms with van der Waals surface area (Å²) in [4.78, 5) is 7.84. The van der Waals surface area contributed by atoms with Gasteiger partial charge in [0.1, 0.15) is 5.82 Å². The van der Waals surface area contributed by atoms with Crippen LogP contribution in [0.25, 0.3) is 0 Å². The van der Waals surface area contributed by atoms with Crippen molar-refractivity contribution in [2.45, 2.75) is 51.5 Å². The van der Waals surface area contributed by atoms with Gasteiger partial charge in [-0.25, -0.2) is 4.98 Å². The summed E-state index contributed by atoms with van der Waals surface area (Å²) >= 11 is 0. The van der Waals surface area contributed by atoms with E-state index in [0.717, 1.165) is 12.2 Å². The minimum Gasteiger partial charge on any atom is -0.346 e. The summed E-state index contributed by atoms with van der Waals surface area (Å²) in [6, 6.07) is 0.630. The maximum atomic E-state index is 4.44. The van der Waals surface area contributed by atoms with E-state index in [0.29, 0.717) is 12.0 Å². The van der Waals surface area contributed by atoms with Crippen molar-refractivity contribution in [3.8, 4) is 0 Å². The lowest BCUT2D eigenvalue weighted by Gasteiger charge is -2.22. The standard InChI is InChI=1S/C12H21N3/c1-9(2)11-8-14-12(15-11)7-10-5-3-4-6-13-10/h8-10,13H,3-7H2,1-2H3,(H,14,15). The van der Waals surface area contributed by atoms with Crippen molar-refractivity contribution < 1.29 is 0 Å². The smallest absolute Gasteiger partial charge is 0.107 e. The number of aromatic amines is 1. The van der Waals surface area contributed by atoms with E-state index in [4.69, 9.17) is 0 Å². The number of hydrogen-bond donors (Lipinski definition) is 2. The third kappa shape index (κ3) is 2.81. The zero-order chi connectivity index (χ0) is 10.7. The number of piperidine rings is 1. The van der Waals surface area contributed by atoms with Crippen LogP contribution >= 0.6 is 0 Å². The Morgan fingerprint density at radius 2 is 2.33 bits per heavy atom. The molecule has 1 fully saturated rings. The molecule has 15 heavy (non-hydrogen) atoms. The average Bonchev–Trinajstić information content (AvgIpc) is 2.68. The quantitative estimate of drug-likeness (QED) is 0.798. The van der Waals surface area contributed by atoms with Crippen LogP contribution in [0.15, 0.2) is 6.20 Å². The van der Waals surface area contributed by atoms with Gasteiger partial charge in [-0.1, -0.05) is 20.3 Å². The molecule has 1 aliphatic heterocycles. The molecule has 0 amide bonds. The summed E-state index contributed by atoms with van der Waals surface area (Å²) in [5.41, 5.74) is 1.25. The molecular formula is C12H21N3. The molecule has 1 atom stereocenters. The number of hydrogen-bond acceptors (Lipinski definition) is 2. The topological polar surface area (TPSA) is 40.7 Å². The largest absolute Gasteiger partial charge is 0.346 e. The van der Waals surface area contributed by atoms with Crippen LogP contribution in [0, 0.1) is 0 Å². The van der Waals surface area contributed by atoms with Crippen molar-refractivity contribution in [2.24, 2.45) is 0 Å². The van der Waals surface area contributed by atoms with E-state index in [1.807, 2.05) is 6.20 Å². The van der Waals surface area contributed by atoms with Gasteiger partial charge >= 0.3 is 0 Å². The first kappa shape index (κ1) is 10.7. The van der Waals surface area contributed by atoms with Gasteiger partial charge in [-0.3, -0.25) is 0 Å². The Kier molecular flexibility index (Phi) is 3.41. The van der Waals surface area contributed by atoms with E-state index in [2.05, 4.69) is 29.1 Å². The van der Waals surface area contributed by atoms with Gasteiger partial charge in [0, 0.05) is 24.4 Å². The lowest BCUT2D eigenvalue weighted by Crippen LogP contribution is -2.35. The minimum absolute atomic E-state index is 0.547. The lowest BCUT2D eigenvalue weighted by atomic mass is 10.0. The Morgan fingerprint density at radius 3 is 2.93 bits per heavy atom. The number of nitrogens with zero attached hydrogens (tertiary/aromatic N) is 1. The van der Waals surface area contributed by atoms with Crippen LogP contribution < -0.4 is 5.32 Å². The molecule has 1 aliphatic rings. The van der Waals surface area contributed by atoms with E-state index < -0.39 is 0 Å². The average molecular weight is 207 g/mol. The van der Waals surface area contributed by atoms with Gasteiger partial charge in [-0.2, -0.15) is 0 Å². The maximum Gasteiger partial charge on any atom is 0.107 e. The molecule has 2 rings (SSSR count). The maximum absolute atomic E-state index is 4.44. The van der Waals surface area contributed by atoms with Gasteiger partial charge in [-0.15, -0.1) is 0 Å². The van der Waals surface area contributed by atoms with Crippen molar-refractivity contribution in [1.82, 2.24) is 15.3 Å². The Morgan fingerprint density at radius 1 is 1.47 bits per heavy atom. The second kappa shape index (κ2) is 4.79. The van der Waals surface area contributed by atoms with Gasteiger partial charge in [-0.05, 0) is 25.3 Å². The molecule has 2 N–H and O–H groups in total. The van der Waals surface area contributed by atoms with Gasteiger partial charge in [0.05, 0.1) is 0 Å². The molecule has 0 saturated carbocycles. The summed E-state index contributed by atoms with van der Waals surface area (Å²) in [5, 5.41) is 3.55. The third-order valence-corrected chi connectivity index (χ3v) is 3.12. The lowest BCUT2D eigenvalue weighted by molar-refractivity contribution is 0.395. The molecule has 3 heteroatoms.